The fourth-order valence-corrected chi connectivity index (χ4v) is 7.24. The lowest BCUT2D eigenvalue weighted by atomic mass is 10.0. The predicted octanol–water partition coefficient (Wildman–Crippen LogP) is 18.5. The molecule has 384 valence electrons. The number of carbonyl (C=O) groups is 3. The van der Waals surface area contributed by atoms with Gasteiger partial charge in [0.15, 0.2) is 6.10 Å². The standard InChI is InChI=1S/C62H100O6/c1-4-7-10-13-16-19-22-25-28-29-30-31-32-35-37-40-43-46-49-52-55-61(64)67-58-59(68-62(65)56-53-50-47-44-41-38-34-27-24-21-18-15-12-9-6-3)57-66-60(63)54-51-48-45-42-39-36-33-26-23-20-17-14-11-8-5-2/h8-9,11-12,17-18,20-21,26-27,33-34,39,41-42,44,48,50-51,53,59H,4-7,10,13-16,19,22-25,28-32,35-38,40,43,45-47,49,52,54-58H2,1-3H3/b11-8-,12-9-,20-17-,21-18-,33-26-,34-27-,42-39-,44-41-,51-48-,53-50-. The molecule has 0 amide bonds. The zero-order valence-corrected chi connectivity index (χ0v) is 43.8. The number of allylic oxidation sites excluding steroid dienone is 18. The van der Waals surface area contributed by atoms with Gasteiger partial charge in [0.25, 0.3) is 0 Å². The van der Waals surface area contributed by atoms with Gasteiger partial charge >= 0.3 is 17.9 Å². The van der Waals surface area contributed by atoms with E-state index >= 15 is 0 Å². The first kappa shape index (κ1) is 63.8. The van der Waals surface area contributed by atoms with E-state index in [1.165, 1.54) is 109 Å². The SMILES string of the molecule is CC/C=C\C/C=C\C/C=C\C/C=C\C/C=C\CC(=O)OCC(COC(=O)CCCCCCCCCCCCCCCCCCCCCC)OC(=O)C/C=C\C/C=C\C/C=C\C/C=C\C/C=C\CC. The van der Waals surface area contributed by atoms with Gasteiger partial charge in [-0.1, -0.05) is 264 Å². The molecule has 1 atom stereocenters. The van der Waals surface area contributed by atoms with Gasteiger partial charge < -0.3 is 14.2 Å². The van der Waals surface area contributed by atoms with Crippen LogP contribution in [0.2, 0.25) is 0 Å². The van der Waals surface area contributed by atoms with Crippen molar-refractivity contribution in [2.75, 3.05) is 13.2 Å². The lowest BCUT2D eigenvalue weighted by Gasteiger charge is -2.17. The molecule has 0 aliphatic carbocycles. The van der Waals surface area contributed by atoms with Crippen LogP contribution in [0.15, 0.2) is 122 Å². The average molecular weight is 941 g/mol. The normalized spacial score (nSPS) is 13.0. The zero-order valence-electron chi connectivity index (χ0n) is 43.8. The molecule has 1 unspecified atom stereocenters. The summed E-state index contributed by atoms with van der Waals surface area (Å²) in [4.78, 5) is 37.9. The third kappa shape index (κ3) is 52.8. The summed E-state index contributed by atoms with van der Waals surface area (Å²) in [6, 6.07) is 0. The van der Waals surface area contributed by atoms with Gasteiger partial charge in [-0.3, -0.25) is 14.4 Å². The van der Waals surface area contributed by atoms with Crippen molar-refractivity contribution in [2.24, 2.45) is 0 Å². The highest BCUT2D eigenvalue weighted by atomic mass is 16.6. The summed E-state index contributed by atoms with van der Waals surface area (Å²) in [6.45, 7) is 6.24. The quantitative estimate of drug-likeness (QED) is 0.0262. The summed E-state index contributed by atoms with van der Waals surface area (Å²) < 4.78 is 16.6. The number of rotatable bonds is 48. The molecular formula is C62H100O6. The largest absolute Gasteiger partial charge is 0.462 e. The molecule has 0 radical (unpaired) electrons. The molecule has 0 rings (SSSR count). The van der Waals surface area contributed by atoms with Crippen molar-refractivity contribution < 1.29 is 28.6 Å². The molecule has 0 aromatic rings. The lowest BCUT2D eigenvalue weighted by Crippen LogP contribution is -2.30. The Morgan fingerprint density at radius 3 is 0.897 bits per heavy atom. The van der Waals surface area contributed by atoms with Gasteiger partial charge in [-0.05, 0) is 70.6 Å². The van der Waals surface area contributed by atoms with Crippen LogP contribution in [0.5, 0.6) is 0 Å². The van der Waals surface area contributed by atoms with E-state index in [9.17, 15) is 14.4 Å². The molecule has 0 N–H and O–H groups in total. The highest BCUT2D eigenvalue weighted by Crippen LogP contribution is 2.15. The maximum absolute atomic E-state index is 12.8. The molecule has 0 aromatic heterocycles. The number of hydrogen-bond donors (Lipinski definition) is 0. The molecule has 0 aliphatic heterocycles. The molecule has 0 aliphatic rings. The van der Waals surface area contributed by atoms with Crippen molar-refractivity contribution in [3.8, 4) is 0 Å². The van der Waals surface area contributed by atoms with E-state index in [0.29, 0.717) is 12.8 Å². The highest BCUT2D eigenvalue weighted by Gasteiger charge is 2.19. The van der Waals surface area contributed by atoms with Crippen LogP contribution >= 0.6 is 0 Å². The van der Waals surface area contributed by atoms with Gasteiger partial charge in [-0.25, -0.2) is 0 Å². The fourth-order valence-electron chi connectivity index (χ4n) is 7.24. The molecule has 68 heavy (non-hydrogen) atoms. The summed E-state index contributed by atoms with van der Waals surface area (Å²) >= 11 is 0. The Kier molecular flexibility index (Phi) is 52.0. The second kappa shape index (κ2) is 55.4. The molecule has 6 nitrogen and oxygen atoms in total. The number of unbranched alkanes of at least 4 members (excludes halogenated alkanes) is 19. The van der Waals surface area contributed by atoms with Crippen LogP contribution in [-0.4, -0.2) is 37.2 Å². The van der Waals surface area contributed by atoms with Gasteiger partial charge in [-0.2, -0.15) is 0 Å². The minimum absolute atomic E-state index is 0.0748. The molecule has 0 heterocycles. The van der Waals surface area contributed by atoms with E-state index in [-0.39, 0.29) is 32.0 Å². The van der Waals surface area contributed by atoms with Crippen LogP contribution in [0.25, 0.3) is 0 Å². The predicted molar refractivity (Wildman–Crippen MR) is 293 cm³/mol. The molecule has 0 spiro atoms. The summed E-state index contributed by atoms with van der Waals surface area (Å²) in [5.74, 6) is -1.22. The summed E-state index contributed by atoms with van der Waals surface area (Å²) in [5, 5.41) is 0. The van der Waals surface area contributed by atoms with E-state index < -0.39 is 18.0 Å². The maximum Gasteiger partial charge on any atom is 0.310 e. The monoisotopic (exact) mass is 941 g/mol. The summed E-state index contributed by atoms with van der Waals surface area (Å²) in [5.41, 5.74) is 0. The highest BCUT2D eigenvalue weighted by molar-refractivity contribution is 5.72. The van der Waals surface area contributed by atoms with Crippen LogP contribution < -0.4 is 0 Å². The van der Waals surface area contributed by atoms with Gasteiger partial charge in [0.05, 0.1) is 12.8 Å². The maximum atomic E-state index is 12.8. The number of ether oxygens (including phenoxy) is 3. The van der Waals surface area contributed by atoms with Crippen LogP contribution in [0.4, 0.5) is 0 Å². The van der Waals surface area contributed by atoms with Crippen molar-refractivity contribution in [2.45, 2.75) is 239 Å². The van der Waals surface area contributed by atoms with Crippen LogP contribution in [-0.2, 0) is 28.6 Å². The smallest absolute Gasteiger partial charge is 0.310 e. The molecule has 0 fully saturated rings. The van der Waals surface area contributed by atoms with E-state index in [1.54, 1.807) is 12.2 Å². The van der Waals surface area contributed by atoms with Gasteiger partial charge in [0, 0.05) is 6.42 Å². The number of carbonyl (C=O) groups excluding carboxylic acids is 3. The number of hydrogen-bond acceptors (Lipinski definition) is 6. The Bertz CT molecular complexity index is 1450. The first-order valence-electron chi connectivity index (χ1n) is 27.5. The van der Waals surface area contributed by atoms with E-state index in [1.807, 2.05) is 12.2 Å². The minimum Gasteiger partial charge on any atom is -0.462 e. The third-order valence-corrected chi connectivity index (χ3v) is 11.3. The fraction of sp³-hybridized carbons (Fsp3) is 0.629. The van der Waals surface area contributed by atoms with E-state index in [0.717, 1.165) is 77.0 Å². The first-order chi connectivity index (χ1) is 33.5. The summed E-state index contributed by atoms with van der Waals surface area (Å²) in [7, 11) is 0. The van der Waals surface area contributed by atoms with Crippen LogP contribution in [0.1, 0.15) is 233 Å². The molecule has 0 saturated carbocycles. The number of esters is 3. The Balaban J connectivity index is 4.55. The zero-order chi connectivity index (χ0) is 49.3. The third-order valence-electron chi connectivity index (χ3n) is 11.3. The average Bonchev–Trinajstić information content (AvgIpc) is 3.34. The van der Waals surface area contributed by atoms with Crippen LogP contribution in [0.3, 0.4) is 0 Å². The first-order valence-corrected chi connectivity index (χ1v) is 27.5. The van der Waals surface area contributed by atoms with Crippen molar-refractivity contribution in [1.82, 2.24) is 0 Å². The molecule has 6 heteroatoms. The van der Waals surface area contributed by atoms with Gasteiger partial charge in [0.1, 0.15) is 13.2 Å². The van der Waals surface area contributed by atoms with Crippen molar-refractivity contribution in [1.29, 1.82) is 0 Å². The Hall–Kier alpha value is -4.19. The van der Waals surface area contributed by atoms with Crippen molar-refractivity contribution in [3.63, 3.8) is 0 Å². The van der Waals surface area contributed by atoms with Crippen molar-refractivity contribution >= 4 is 17.9 Å². The van der Waals surface area contributed by atoms with E-state index in [2.05, 4.69) is 118 Å². The van der Waals surface area contributed by atoms with Crippen molar-refractivity contribution in [3.05, 3.63) is 122 Å². The minimum atomic E-state index is -0.874. The molecule has 0 aromatic carbocycles. The molecule has 0 saturated heterocycles. The van der Waals surface area contributed by atoms with Gasteiger partial charge in [-0.15, -0.1) is 0 Å². The Morgan fingerprint density at radius 1 is 0.309 bits per heavy atom. The van der Waals surface area contributed by atoms with E-state index in [4.69, 9.17) is 14.2 Å². The molecular weight excluding hydrogens is 841 g/mol. The molecule has 0 bridgehead atoms. The lowest BCUT2D eigenvalue weighted by molar-refractivity contribution is -0.166. The second-order valence-electron chi connectivity index (χ2n) is 17.8. The Labute approximate surface area is 418 Å². The summed E-state index contributed by atoms with van der Waals surface area (Å²) in [6.07, 6.45) is 76.8. The van der Waals surface area contributed by atoms with Crippen LogP contribution in [0, 0.1) is 0 Å². The topological polar surface area (TPSA) is 78.9 Å². The van der Waals surface area contributed by atoms with Gasteiger partial charge in [0.2, 0.25) is 0 Å². The Morgan fingerprint density at radius 2 is 0.574 bits per heavy atom. The second-order valence-corrected chi connectivity index (χ2v) is 17.8.